The van der Waals surface area contributed by atoms with Crippen LogP contribution >= 0.6 is 0 Å². The molecular weight excluding hydrogens is 325 g/mol. The first-order chi connectivity index (χ1) is 10.9. The second-order valence-electron chi connectivity index (χ2n) is 5.38. The van der Waals surface area contributed by atoms with Crippen LogP contribution in [-0.2, 0) is 10.2 Å². The van der Waals surface area contributed by atoms with Gasteiger partial charge in [-0.15, -0.1) is 0 Å². The third kappa shape index (κ3) is 3.40. The zero-order valence-electron chi connectivity index (χ0n) is 11.9. The van der Waals surface area contributed by atoms with Gasteiger partial charge in [0.15, 0.2) is 0 Å². The Balaban J connectivity index is 1.84. The van der Waals surface area contributed by atoms with Crippen molar-refractivity contribution in [1.82, 2.24) is 14.4 Å². The number of carbonyl (C=O) groups excluding carboxylic acids is 1. The number of nitrogens with one attached hydrogen (secondary N) is 2. The van der Waals surface area contributed by atoms with Gasteiger partial charge in [0.25, 0.3) is 5.91 Å². The molecular formula is C14H14FN3O4S. The summed E-state index contributed by atoms with van der Waals surface area (Å²) >= 11 is 0. The minimum Gasteiger partial charge on any atom is -0.506 e. The third-order valence-electron chi connectivity index (χ3n) is 3.55. The van der Waals surface area contributed by atoms with Crippen molar-refractivity contribution >= 4 is 27.0 Å². The molecule has 0 aliphatic heterocycles. The van der Waals surface area contributed by atoms with Crippen molar-refractivity contribution in [2.75, 3.05) is 6.54 Å². The molecule has 3 N–H and O–H groups in total. The lowest BCUT2D eigenvalue weighted by molar-refractivity contribution is 0.0978. The molecule has 2 aromatic rings. The molecule has 1 aliphatic carbocycles. The zero-order chi connectivity index (χ0) is 16.6. The van der Waals surface area contributed by atoms with Gasteiger partial charge in [-0.3, -0.25) is 9.78 Å². The van der Waals surface area contributed by atoms with Crippen LogP contribution in [0.2, 0.25) is 0 Å². The van der Waals surface area contributed by atoms with E-state index >= 15 is 0 Å². The van der Waals surface area contributed by atoms with Crippen LogP contribution in [0.15, 0.2) is 24.4 Å². The molecule has 9 heteroatoms. The second-order valence-corrected chi connectivity index (χ2v) is 6.88. The summed E-state index contributed by atoms with van der Waals surface area (Å²) in [5.41, 5.74) is -0.448. The molecule has 1 fully saturated rings. The SMILES string of the molecule is O=C(NS(=O)(=O)NCC1CC1)c1cnc2c(F)cccc2c1O. The molecule has 0 bridgehead atoms. The summed E-state index contributed by atoms with van der Waals surface area (Å²) in [7, 11) is -4.02. The Hall–Kier alpha value is -2.26. The van der Waals surface area contributed by atoms with E-state index in [1.807, 2.05) is 0 Å². The summed E-state index contributed by atoms with van der Waals surface area (Å²) < 4.78 is 41.2. The van der Waals surface area contributed by atoms with Crippen molar-refractivity contribution in [3.05, 3.63) is 35.8 Å². The largest absolute Gasteiger partial charge is 0.506 e. The molecule has 0 saturated heterocycles. The first-order valence-corrected chi connectivity index (χ1v) is 8.43. The average molecular weight is 339 g/mol. The Morgan fingerprint density at radius 1 is 1.39 bits per heavy atom. The molecule has 3 rings (SSSR count). The number of para-hydroxylation sites is 1. The summed E-state index contributed by atoms with van der Waals surface area (Å²) in [6.07, 6.45) is 2.85. The number of pyridine rings is 1. The minimum atomic E-state index is -4.02. The predicted octanol–water partition coefficient (Wildman–Crippen LogP) is 1.05. The molecule has 0 spiro atoms. The number of benzene rings is 1. The van der Waals surface area contributed by atoms with Gasteiger partial charge in [0.05, 0.1) is 0 Å². The number of carbonyl (C=O) groups is 1. The molecule has 122 valence electrons. The van der Waals surface area contributed by atoms with Gasteiger partial charge in [0.2, 0.25) is 0 Å². The summed E-state index contributed by atoms with van der Waals surface area (Å²) in [4.78, 5) is 15.8. The van der Waals surface area contributed by atoms with Gasteiger partial charge in [-0.25, -0.2) is 9.11 Å². The van der Waals surface area contributed by atoms with E-state index in [-0.39, 0.29) is 23.0 Å². The van der Waals surface area contributed by atoms with E-state index in [2.05, 4.69) is 9.71 Å². The Morgan fingerprint density at radius 2 is 2.13 bits per heavy atom. The standard InChI is InChI=1S/C14H14FN3O4S/c15-11-3-1-2-9-12(11)16-7-10(13(9)19)14(20)18-23(21,22)17-6-8-4-5-8/h1-3,7-8,17H,4-6H2,(H,16,19)(H,18,20). The quantitative estimate of drug-likeness (QED) is 0.755. The number of nitrogens with zero attached hydrogens (tertiary/aromatic N) is 1. The molecule has 7 nitrogen and oxygen atoms in total. The summed E-state index contributed by atoms with van der Waals surface area (Å²) in [5.74, 6) is -1.90. The maximum absolute atomic E-state index is 13.6. The molecule has 1 heterocycles. The van der Waals surface area contributed by atoms with Crippen LogP contribution in [0, 0.1) is 11.7 Å². The van der Waals surface area contributed by atoms with E-state index in [0.29, 0.717) is 5.92 Å². The second kappa shape index (κ2) is 5.74. The minimum absolute atomic E-state index is 0.0287. The highest BCUT2D eigenvalue weighted by Gasteiger charge is 2.25. The molecule has 23 heavy (non-hydrogen) atoms. The number of rotatable bonds is 5. The number of aromatic hydroxyl groups is 1. The monoisotopic (exact) mass is 339 g/mol. The molecule has 1 amide bonds. The molecule has 1 saturated carbocycles. The molecule has 1 aromatic heterocycles. The topological polar surface area (TPSA) is 108 Å². The zero-order valence-corrected chi connectivity index (χ0v) is 12.7. The summed E-state index contributed by atoms with van der Waals surface area (Å²) in [6, 6.07) is 3.91. The van der Waals surface area contributed by atoms with Gasteiger partial charge in [-0.1, -0.05) is 6.07 Å². The molecule has 0 atom stereocenters. The number of amides is 1. The Kier molecular flexibility index (Phi) is 3.90. The van der Waals surface area contributed by atoms with Gasteiger partial charge < -0.3 is 5.11 Å². The average Bonchev–Trinajstić information content (AvgIpc) is 3.30. The highest BCUT2D eigenvalue weighted by atomic mass is 32.2. The lowest BCUT2D eigenvalue weighted by Crippen LogP contribution is -2.41. The Bertz CT molecular complexity index is 881. The normalized spacial score (nSPS) is 14.8. The Labute approximate surface area is 131 Å². The fourth-order valence-electron chi connectivity index (χ4n) is 2.10. The van der Waals surface area contributed by atoms with Gasteiger partial charge in [0, 0.05) is 18.1 Å². The van der Waals surface area contributed by atoms with E-state index in [1.165, 1.54) is 18.2 Å². The lowest BCUT2D eigenvalue weighted by atomic mass is 10.1. The van der Waals surface area contributed by atoms with Crippen molar-refractivity contribution in [3.63, 3.8) is 0 Å². The predicted molar refractivity (Wildman–Crippen MR) is 80.5 cm³/mol. The third-order valence-corrected chi connectivity index (χ3v) is 4.55. The van der Waals surface area contributed by atoms with E-state index in [4.69, 9.17) is 0 Å². The van der Waals surface area contributed by atoms with E-state index < -0.39 is 27.7 Å². The van der Waals surface area contributed by atoms with E-state index in [0.717, 1.165) is 19.0 Å². The summed E-state index contributed by atoms with van der Waals surface area (Å²) in [5, 5.41) is 10.1. The molecule has 0 radical (unpaired) electrons. The van der Waals surface area contributed by atoms with Crippen LogP contribution in [-0.4, -0.2) is 31.0 Å². The van der Waals surface area contributed by atoms with Crippen molar-refractivity contribution in [1.29, 1.82) is 0 Å². The molecule has 1 aliphatic rings. The van der Waals surface area contributed by atoms with E-state index in [9.17, 15) is 22.7 Å². The van der Waals surface area contributed by atoms with E-state index in [1.54, 1.807) is 4.72 Å². The van der Waals surface area contributed by atoms with Crippen LogP contribution in [0.1, 0.15) is 23.2 Å². The number of halogens is 1. The fourth-order valence-corrected chi connectivity index (χ4v) is 2.98. The van der Waals surface area contributed by atoms with Crippen LogP contribution in [0.3, 0.4) is 0 Å². The van der Waals surface area contributed by atoms with Gasteiger partial charge in [-0.2, -0.15) is 13.1 Å². The summed E-state index contributed by atoms with van der Waals surface area (Å²) in [6.45, 7) is 0.260. The highest BCUT2D eigenvalue weighted by molar-refractivity contribution is 7.88. The van der Waals surface area contributed by atoms with Crippen molar-refractivity contribution in [2.24, 2.45) is 5.92 Å². The number of aromatic nitrogens is 1. The number of hydrogen-bond acceptors (Lipinski definition) is 5. The van der Waals surface area contributed by atoms with Crippen molar-refractivity contribution in [3.8, 4) is 5.75 Å². The first-order valence-electron chi connectivity index (χ1n) is 6.95. The van der Waals surface area contributed by atoms with Crippen molar-refractivity contribution in [2.45, 2.75) is 12.8 Å². The molecule has 1 aromatic carbocycles. The van der Waals surface area contributed by atoms with Gasteiger partial charge in [-0.05, 0) is 30.9 Å². The maximum Gasteiger partial charge on any atom is 0.301 e. The van der Waals surface area contributed by atoms with Crippen LogP contribution in [0.4, 0.5) is 4.39 Å². The smallest absolute Gasteiger partial charge is 0.301 e. The number of hydrogen-bond donors (Lipinski definition) is 3. The Morgan fingerprint density at radius 3 is 2.83 bits per heavy atom. The van der Waals surface area contributed by atoms with Crippen LogP contribution in [0.25, 0.3) is 10.9 Å². The highest BCUT2D eigenvalue weighted by Crippen LogP contribution is 2.29. The van der Waals surface area contributed by atoms with Crippen LogP contribution in [0.5, 0.6) is 5.75 Å². The first kappa shape index (κ1) is 15.6. The fraction of sp³-hybridized carbons (Fsp3) is 0.286. The number of fused-ring (bicyclic) bond motifs is 1. The van der Waals surface area contributed by atoms with Gasteiger partial charge in [0.1, 0.15) is 22.6 Å². The van der Waals surface area contributed by atoms with Crippen LogP contribution < -0.4 is 9.44 Å². The van der Waals surface area contributed by atoms with Gasteiger partial charge >= 0.3 is 10.2 Å². The maximum atomic E-state index is 13.6. The van der Waals surface area contributed by atoms with Crippen molar-refractivity contribution < 1.29 is 22.7 Å². The lowest BCUT2D eigenvalue weighted by Gasteiger charge is -2.10. The molecule has 0 unspecified atom stereocenters.